The molecule has 1 heterocycles. The third-order valence-corrected chi connectivity index (χ3v) is 2.82. The molecule has 0 amide bonds. The maximum Gasteiger partial charge on any atom is 0.238 e. The van der Waals surface area contributed by atoms with Crippen LogP contribution in [0.1, 0.15) is 5.56 Å². The highest BCUT2D eigenvalue weighted by molar-refractivity contribution is 6.32. The fourth-order valence-corrected chi connectivity index (χ4v) is 1.69. The molecule has 0 unspecified atom stereocenters. The van der Waals surface area contributed by atoms with Crippen LogP contribution in [0.2, 0.25) is 5.02 Å². The summed E-state index contributed by atoms with van der Waals surface area (Å²) in [4.78, 5) is 4.09. The van der Waals surface area contributed by atoms with Crippen molar-refractivity contribution in [1.29, 1.82) is 0 Å². The molecule has 0 aliphatic carbocycles. The van der Waals surface area contributed by atoms with Gasteiger partial charge in [0.05, 0.1) is 7.11 Å². The lowest BCUT2D eigenvalue weighted by Crippen LogP contribution is -1.99. The Kier molecular flexibility index (Phi) is 4.02. The van der Waals surface area contributed by atoms with Gasteiger partial charge >= 0.3 is 0 Å². The van der Waals surface area contributed by atoms with E-state index in [0.717, 1.165) is 5.56 Å². The highest BCUT2D eigenvalue weighted by Crippen LogP contribution is 2.30. The van der Waals surface area contributed by atoms with Crippen molar-refractivity contribution in [1.82, 2.24) is 4.98 Å². The third-order valence-electron chi connectivity index (χ3n) is 2.41. The molecule has 5 heteroatoms. The summed E-state index contributed by atoms with van der Waals surface area (Å²) >= 11 is 6.13. The minimum Gasteiger partial charge on any atom is -0.497 e. The van der Waals surface area contributed by atoms with Gasteiger partial charge in [0.2, 0.25) is 5.88 Å². The quantitative estimate of drug-likeness (QED) is 0.922. The summed E-state index contributed by atoms with van der Waals surface area (Å²) in [5, 5.41) is 0.433. The molecule has 0 saturated carbocycles. The normalized spacial score (nSPS) is 10.2. The predicted molar refractivity (Wildman–Crippen MR) is 70.2 cm³/mol. The van der Waals surface area contributed by atoms with Crippen molar-refractivity contribution in [3.63, 3.8) is 0 Å². The van der Waals surface area contributed by atoms with E-state index in [1.165, 1.54) is 0 Å². The van der Waals surface area contributed by atoms with Crippen molar-refractivity contribution in [2.45, 2.75) is 6.54 Å². The van der Waals surface area contributed by atoms with Crippen LogP contribution in [0.15, 0.2) is 36.5 Å². The number of ether oxygens (including phenoxy) is 2. The second-order valence-corrected chi connectivity index (χ2v) is 3.95. The minimum absolute atomic E-state index is 0.341. The van der Waals surface area contributed by atoms with Crippen LogP contribution in [0.5, 0.6) is 17.4 Å². The molecule has 0 fully saturated rings. The molecule has 0 aliphatic rings. The first-order chi connectivity index (χ1) is 8.74. The zero-order valence-corrected chi connectivity index (χ0v) is 10.6. The van der Waals surface area contributed by atoms with Crippen molar-refractivity contribution in [3.8, 4) is 17.4 Å². The number of pyridine rings is 1. The summed E-state index contributed by atoms with van der Waals surface area (Å²) in [6.45, 7) is 0.343. The van der Waals surface area contributed by atoms with E-state index in [1.807, 2.05) is 12.1 Å². The first-order valence-corrected chi connectivity index (χ1v) is 5.77. The standard InChI is InChI=1S/C13H13ClN2O2/c1-17-10-3-2-4-11(7-10)18-13-12(14)9(8-15)5-6-16-13/h2-7H,8,15H2,1H3. The molecule has 0 radical (unpaired) electrons. The number of aromatic nitrogens is 1. The van der Waals surface area contributed by atoms with Gasteiger partial charge in [-0.3, -0.25) is 0 Å². The molecular formula is C13H13ClN2O2. The fraction of sp³-hybridized carbons (Fsp3) is 0.154. The van der Waals surface area contributed by atoms with Crippen molar-refractivity contribution < 1.29 is 9.47 Å². The molecule has 0 saturated heterocycles. The van der Waals surface area contributed by atoms with E-state index in [2.05, 4.69) is 4.98 Å². The SMILES string of the molecule is COc1cccc(Oc2nccc(CN)c2Cl)c1. The molecule has 1 aromatic heterocycles. The van der Waals surface area contributed by atoms with Crippen LogP contribution in [-0.4, -0.2) is 12.1 Å². The molecule has 2 N–H and O–H groups in total. The van der Waals surface area contributed by atoms with Crippen LogP contribution in [0.4, 0.5) is 0 Å². The van der Waals surface area contributed by atoms with Crippen LogP contribution in [0.3, 0.4) is 0 Å². The number of hydrogen-bond acceptors (Lipinski definition) is 4. The topological polar surface area (TPSA) is 57.4 Å². The molecule has 0 spiro atoms. The molecular weight excluding hydrogens is 252 g/mol. The third kappa shape index (κ3) is 2.72. The van der Waals surface area contributed by atoms with Gasteiger partial charge in [0.15, 0.2) is 0 Å². The van der Waals surface area contributed by atoms with E-state index in [1.54, 1.807) is 31.5 Å². The van der Waals surface area contributed by atoms with Gasteiger partial charge in [-0.15, -0.1) is 0 Å². The maximum atomic E-state index is 6.13. The molecule has 2 aromatic rings. The number of rotatable bonds is 4. The Morgan fingerprint density at radius 1 is 1.28 bits per heavy atom. The smallest absolute Gasteiger partial charge is 0.238 e. The average molecular weight is 265 g/mol. The molecule has 0 bridgehead atoms. The first-order valence-electron chi connectivity index (χ1n) is 5.40. The van der Waals surface area contributed by atoms with Crippen molar-refractivity contribution in [2.75, 3.05) is 7.11 Å². The second kappa shape index (κ2) is 5.71. The van der Waals surface area contributed by atoms with Gasteiger partial charge in [0.1, 0.15) is 16.5 Å². The molecule has 0 atom stereocenters. The summed E-state index contributed by atoms with van der Waals surface area (Å²) in [5.41, 5.74) is 6.37. The molecule has 94 valence electrons. The summed E-state index contributed by atoms with van der Waals surface area (Å²) in [6, 6.07) is 8.98. The highest BCUT2D eigenvalue weighted by atomic mass is 35.5. The van der Waals surface area contributed by atoms with Gasteiger partial charge in [0, 0.05) is 18.8 Å². The van der Waals surface area contributed by atoms with E-state index >= 15 is 0 Å². The van der Waals surface area contributed by atoms with Crippen molar-refractivity contribution in [2.24, 2.45) is 5.73 Å². The van der Waals surface area contributed by atoms with Gasteiger partial charge in [-0.2, -0.15) is 0 Å². The van der Waals surface area contributed by atoms with Gasteiger partial charge in [-0.05, 0) is 23.8 Å². The molecule has 4 nitrogen and oxygen atoms in total. The van der Waals surface area contributed by atoms with Gasteiger partial charge in [-0.1, -0.05) is 17.7 Å². The van der Waals surface area contributed by atoms with E-state index in [4.69, 9.17) is 26.8 Å². The van der Waals surface area contributed by atoms with Gasteiger partial charge < -0.3 is 15.2 Å². The number of halogens is 1. The average Bonchev–Trinajstić information content (AvgIpc) is 2.41. The van der Waals surface area contributed by atoms with E-state index < -0.39 is 0 Å². The largest absolute Gasteiger partial charge is 0.497 e. The van der Waals surface area contributed by atoms with Crippen LogP contribution < -0.4 is 15.2 Å². The lowest BCUT2D eigenvalue weighted by Gasteiger charge is -2.09. The van der Waals surface area contributed by atoms with Gasteiger partial charge in [0.25, 0.3) is 0 Å². The van der Waals surface area contributed by atoms with E-state index in [9.17, 15) is 0 Å². The summed E-state index contributed by atoms with van der Waals surface area (Å²) in [5.74, 6) is 1.66. The lowest BCUT2D eigenvalue weighted by molar-refractivity contribution is 0.407. The Balaban J connectivity index is 2.28. The number of hydrogen-bond donors (Lipinski definition) is 1. The molecule has 2 rings (SSSR count). The lowest BCUT2D eigenvalue weighted by atomic mass is 10.2. The van der Waals surface area contributed by atoms with Crippen molar-refractivity contribution >= 4 is 11.6 Å². The number of nitrogens with zero attached hydrogens (tertiary/aromatic N) is 1. The van der Waals surface area contributed by atoms with Crippen molar-refractivity contribution in [3.05, 3.63) is 47.1 Å². The Morgan fingerprint density at radius 3 is 2.78 bits per heavy atom. The second-order valence-electron chi connectivity index (χ2n) is 3.57. The highest BCUT2D eigenvalue weighted by Gasteiger charge is 2.09. The first kappa shape index (κ1) is 12.7. The van der Waals surface area contributed by atoms with E-state index in [0.29, 0.717) is 28.9 Å². The monoisotopic (exact) mass is 264 g/mol. The van der Waals surface area contributed by atoms with Crippen LogP contribution in [0, 0.1) is 0 Å². The van der Waals surface area contributed by atoms with Crippen LogP contribution in [-0.2, 0) is 6.54 Å². The zero-order chi connectivity index (χ0) is 13.0. The summed E-state index contributed by atoms with van der Waals surface area (Å²) < 4.78 is 10.7. The summed E-state index contributed by atoms with van der Waals surface area (Å²) in [7, 11) is 1.60. The summed E-state index contributed by atoms with van der Waals surface area (Å²) in [6.07, 6.45) is 1.61. The fourth-order valence-electron chi connectivity index (χ4n) is 1.47. The van der Waals surface area contributed by atoms with Crippen LogP contribution >= 0.6 is 11.6 Å². The number of nitrogens with two attached hydrogens (primary N) is 1. The Bertz CT molecular complexity index is 546. The number of benzene rings is 1. The Morgan fingerprint density at radius 2 is 2.06 bits per heavy atom. The molecule has 18 heavy (non-hydrogen) atoms. The molecule has 0 aliphatic heterocycles. The Labute approximate surface area is 110 Å². The predicted octanol–water partition coefficient (Wildman–Crippen LogP) is 2.99. The Hall–Kier alpha value is -1.78. The van der Waals surface area contributed by atoms with E-state index in [-0.39, 0.29) is 0 Å². The van der Waals surface area contributed by atoms with Gasteiger partial charge in [-0.25, -0.2) is 4.98 Å². The van der Waals surface area contributed by atoms with Crippen LogP contribution in [0.25, 0.3) is 0 Å². The zero-order valence-electron chi connectivity index (χ0n) is 9.89. The molecule has 1 aromatic carbocycles. The number of methoxy groups -OCH3 is 1. The minimum atomic E-state index is 0.341. The maximum absolute atomic E-state index is 6.13.